The van der Waals surface area contributed by atoms with Gasteiger partial charge < -0.3 is 15.3 Å². The lowest BCUT2D eigenvalue weighted by Crippen LogP contribution is -2.07. The van der Waals surface area contributed by atoms with E-state index in [0.717, 1.165) is 25.7 Å². The highest BCUT2D eigenvalue weighted by molar-refractivity contribution is 5.66. The van der Waals surface area contributed by atoms with Gasteiger partial charge in [-0.1, -0.05) is 12.8 Å². The van der Waals surface area contributed by atoms with Crippen molar-refractivity contribution in [2.24, 2.45) is 5.92 Å². The lowest BCUT2D eigenvalue weighted by Gasteiger charge is -2.12. The van der Waals surface area contributed by atoms with E-state index in [0.29, 0.717) is 12.8 Å². The molecule has 0 rings (SSSR count). The Labute approximate surface area is 101 Å². The monoisotopic (exact) mass is 246 g/mol. The normalized spacial score (nSPS) is 12.3. The van der Waals surface area contributed by atoms with E-state index in [2.05, 4.69) is 0 Å². The number of hydrogen-bond donors (Lipinski definition) is 3. The minimum atomic E-state index is -0.803. The van der Waals surface area contributed by atoms with Gasteiger partial charge in [0.25, 0.3) is 0 Å². The summed E-state index contributed by atoms with van der Waals surface area (Å²) in [6.45, 7) is 0.0819. The van der Waals surface area contributed by atoms with Crippen LogP contribution in [0.2, 0.25) is 0 Å². The molecule has 1 atom stereocenters. The maximum atomic E-state index is 10.3. The van der Waals surface area contributed by atoms with E-state index in [1.165, 1.54) is 0 Å². The van der Waals surface area contributed by atoms with Crippen LogP contribution in [0.3, 0.4) is 0 Å². The van der Waals surface area contributed by atoms with Crippen molar-refractivity contribution in [3.8, 4) is 0 Å². The van der Waals surface area contributed by atoms with Crippen molar-refractivity contribution in [3.63, 3.8) is 0 Å². The number of aliphatic hydroxyl groups excluding tert-OH is 1. The maximum Gasteiger partial charge on any atom is 0.303 e. The minimum absolute atomic E-state index is 0.0819. The Bertz CT molecular complexity index is 227. The third-order valence-electron chi connectivity index (χ3n) is 2.76. The van der Waals surface area contributed by atoms with Crippen molar-refractivity contribution in [2.75, 3.05) is 6.61 Å². The lowest BCUT2D eigenvalue weighted by molar-refractivity contribution is -0.138. The second-order valence-corrected chi connectivity index (χ2v) is 4.33. The number of carboxylic acids is 2. The summed E-state index contributed by atoms with van der Waals surface area (Å²) in [5.74, 6) is -1.42. The lowest BCUT2D eigenvalue weighted by atomic mass is 9.96. The molecule has 100 valence electrons. The van der Waals surface area contributed by atoms with Gasteiger partial charge in [0.15, 0.2) is 0 Å². The van der Waals surface area contributed by atoms with Crippen LogP contribution in [-0.2, 0) is 9.59 Å². The summed E-state index contributed by atoms with van der Waals surface area (Å²) in [4.78, 5) is 20.6. The number of carboxylic acid groups (broad SMARTS) is 2. The molecule has 0 aromatic heterocycles. The van der Waals surface area contributed by atoms with Crippen molar-refractivity contribution in [2.45, 2.75) is 51.4 Å². The van der Waals surface area contributed by atoms with Gasteiger partial charge in [-0.3, -0.25) is 9.59 Å². The van der Waals surface area contributed by atoms with Crippen molar-refractivity contribution < 1.29 is 24.9 Å². The van der Waals surface area contributed by atoms with Crippen molar-refractivity contribution in [3.05, 3.63) is 0 Å². The summed E-state index contributed by atoms with van der Waals surface area (Å²) < 4.78 is 0. The Balaban J connectivity index is 3.47. The molecular formula is C12H22O5. The van der Waals surface area contributed by atoms with E-state index < -0.39 is 11.9 Å². The third-order valence-corrected chi connectivity index (χ3v) is 2.76. The van der Waals surface area contributed by atoms with Crippen LogP contribution >= 0.6 is 0 Å². The Hall–Kier alpha value is -1.10. The van der Waals surface area contributed by atoms with Crippen LogP contribution in [-0.4, -0.2) is 33.9 Å². The van der Waals surface area contributed by atoms with E-state index in [9.17, 15) is 9.59 Å². The molecular weight excluding hydrogens is 224 g/mol. The number of hydrogen-bond acceptors (Lipinski definition) is 3. The SMILES string of the molecule is O=C(O)CCCCCC(CO)CCCC(=O)O. The topological polar surface area (TPSA) is 94.8 Å². The molecule has 0 saturated carbocycles. The molecule has 0 heterocycles. The average molecular weight is 246 g/mol. The third kappa shape index (κ3) is 11.2. The summed E-state index contributed by atoms with van der Waals surface area (Å²) in [6.07, 6.45) is 4.92. The molecule has 0 spiro atoms. The molecule has 5 heteroatoms. The highest BCUT2D eigenvalue weighted by Crippen LogP contribution is 2.16. The second kappa shape index (κ2) is 10.1. The van der Waals surface area contributed by atoms with E-state index >= 15 is 0 Å². The number of aliphatic hydroxyl groups is 1. The summed E-state index contributed by atoms with van der Waals surface area (Å²) in [5, 5.41) is 26.0. The molecule has 0 saturated heterocycles. The van der Waals surface area contributed by atoms with Crippen LogP contribution in [0.5, 0.6) is 0 Å². The quantitative estimate of drug-likeness (QED) is 0.484. The molecule has 3 N–H and O–H groups in total. The maximum absolute atomic E-state index is 10.3. The predicted molar refractivity (Wildman–Crippen MR) is 62.8 cm³/mol. The first-order valence-electron chi connectivity index (χ1n) is 6.10. The Morgan fingerprint density at radius 3 is 1.88 bits per heavy atom. The van der Waals surface area contributed by atoms with Gasteiger partial charge in [0, 0.05) is 19.4 Å². The molecule has 0 aliphatic heterocycles. The average Bonchev–Trinajstić information content (AvgIpc) is 2.25. The van der Waals surface area contributed by atoms with E-state index in [4.69, 9.17) is 15.3 Å². The van der Waals surface area contributed by atoms with Gasteiger partial charge >= 0.3 is 11.9 Å². The molecule has 0 fully saturated rings. The van der Waals surface area contributed by atoms with Crippen LogP contribution in [0.25, 0.3) is 0 Å². The summed E-state index contributed by atoms with van der Waals surface area (Å²) in [6, 6.07) is 0. The Morgan fingerprint density at radius 2 is 1.35 bits per heavy atom. The number of unbranched alkanes of at least 4 members (excludes halogenated alkanes) is 2. The highest BCUT2D eigenvalue weighted by atomic mass is 16.4. The van der Waals surface area contributed by atoms with Crippen molar-refractivity contribution in [1.29, 1.82) is 0 Å². The number of carbonyl (C=O) groups is 2. The van der Waals surface area contributed by atoms with Crippen LogP contribution in [0.1, 0.15) is 51.4 Å². The van der Waals surface area contributed by atoms with Gasteiger partial charge in [-0.25, -0.2) is 0 Å². The smallest absolute Gasteiger partial charge is 0.303 e. The zero-order chi connectivity index (χ0) is 13.1. The second-order valence-electron chi connectivity index (χ2n) is 4.33. The molecule has 1 unspecified atom stereocenters. The fraction of sp³-hybridized carbons (Fsp3) is 0.833. The van der Waals surface area contributed by atoms with Gasteiger partial charge in [-0.15, -0.1) is 0 Å². The molecule has 0 bridgehead atoms. The molecule has 0 amide bonds. The molecule has 0 aliphatic rings. The van der Waals surface area contributed by atoms with Crippen LogP contribution < -0.4 is 0 Å². The summed E-state index contributed by atoms with van der Waals surface area (Å²) >= 11 is 0. The van der Waals surface area contributed by atoms with Gasteiger partial charge in [0.1, 0.15) is 0 Å². The first kappa shape index (κ1) is 15.9. The van der Waals surface area contributed by atoms with E-state index in [1.54, 1.807) is 0 Å². The molecule has 0 aliphatic carbocycles. The molecule has 0 aromatic rings. The molecule has 17 heavy (non-hydrogen) atoms. The largest absolute Gasteiger partial charge is 0.481 e. The van der Waals surface area contributed by atoms with Crippen LogP contribution in [0, 0.1) is 5.92 Å². The molecule has 0 aromatic carbocycles. The highest BCUT2D eigenvalue weighted by Gasteiger charge is 2.08. The fourth-order valence-corrected chi connectivity index (χ4v) is 1.75. The number of rotatable bonds is 11. The zero-order valence-electron chi connectivity index (χ0n) is 10.1. The van der Waals surface area contributed by atoms with Gasteiger partial charge in [-0.05, 0) is 31.6 Å². The van der Waals surface area contributed by atoms with Crippen LogP contribution in [0.15, 0.2) is 0 Å². The Morgan fingerprint density at radius 1 is 0.824 bits per heavy atom. The Kier molecular flexibility index (Phi) is 9.43. The summed E-state index contributed by atoms with van der Waals surface area (Å²) in [7, 11) is 0. The van der Waals surface area contributed by atoms with Crippen molar-refractivity contribution in [1.82, 2.24) is 0 Å². The fourth-order valence-electron chi connectivity index (χ4n) is 1.75. The predicted octanol–water partition coefficient (Wildman–Crippen LogP) is 1.88. The van der Waals surface area contributed by atoms with Crippen LogP contribution in [0.4, 0.5) is 0 Å². The minimum Gasteiger partial charge on any atom is -0.481 e. The number of aliphatic carboxylic acids is 2. The molecule has 0 radical (unpaired) electrons. The van der Waals surface area contributed by atoms with Gasteiger partial charge in [-0.2, -0.15) is 0 Å². The van der Waals surface area contributed by atoms with Gasteiger partial charge in [0.05, 0.1) is 0 Å². The zero-order valence-corrected chi connectivity index (χ0v) is 10.1. The van der Waals surface area contributed by atoms with E-state index in [-0.39, 0.29) is 25.4 Å². The molecule has 5 nitrogen and oxygen atoms in total. The summed E-state index contributed by atoms with van der Waals surface area (Å²) in [5.41, 5.74) is 0. The van der Waals surface area contributed by atoms with Crippen molar-refractivity contribution >= 4 is 11.9 Å². The van der Waals surface area contributed by atoms with Gasteiger partial charge in [0.2, 0.25) is 0 Å². The van der Waals surface area contributed by atoms with E-state index in [1.807, 2.05) is 0 Å². The first-order valence-corrected chi connectivity index (χ1v) is 6.10. The standard InChI is InChI=1S/C12H22O5/c13-9-10(6-4-8-12(16)17)5-2-1-3-7-11(14)15/h10,13H,1-9H2,(H,14,15)(H,16,17). The first-order chi connectivity index (χ1) is 8.06.